The van der Waals surface area contributed by atoms with Crippen LogP contribution in [0.4, 0.5) is 36.4 Å². The Hall–Kier alpha value is -2.80. The summed E-state index contributed by atoms with van der Waals surface area (Å²) in [6.45, 7) is -0.277. The first-order valence-electron chi connectivity index (χ1n) is 6.07. The van der Waals surface area contributed by atoms with Crippen LogP contribution in [0.3, 0.4) is 0 Å². The Bertz CT molecular complexity index is 720. The van der Waals surface area contributed by atoms with Gasteiger partial charge in [-0.05, 0) is 6.07 Å². The van der Waals surface area contributed by atoms with Crippen LogP contribution in [0.25, 0.3) is 0 Å². The molecule has 1 heterocycles. The lowest BCUT2D eigenvalue weighted by atomic mass is 10.1. The van der Waals surface area contributed by atoms with Crippen molar-refractivity contribution in [3.63, 3.8) is 0 Å². The fourth-order valence-electron chi connectivity index (χ4n) is 1.64. The highest BCUT2D eigenvalue weighted by molar-refractivity contribution is 5.87. The lowest BCUT2D eigenvalue weighted by Crippen LogP contribution is -2.58. The molecule has 0 saturated carbocycles. The second-order valence-electron chi connectivity index (χ2n) is 4.54. The molecular weight excluding hydrogens is 371 g/mol. The average Bonchev–Trinajstić information content (AvgIpc) is 2.91. The molecule has 0 unspecified atom stereocenters. The SMILES string of the molecule is O=[N+]([O-])c1cc2c(cc1/C=N\NC(F)(F)C(F)(F)C(F)(F)F)OCO2. The molecule has 25 heavy (non-hydrogen) atoms. The molecule has 0 aromatic heterocycles. The van der Waals surface area contributed by atoms with Gasteiger partial charge in [-0.25, -0.2) is 5.43 Å². The van der Waals surface area contributed by atoms with E-state index < -0.39 is 34.3 Å². The van der Waals surface area contributed by atoms with E-state index in [2.05, 4.69) is 5.10 Å². The minimum absolute atomic E-state index is 0.0283. The quantitative estimate of drug-likeness (QED) is 0.280. The number of nitro groups is 1. The molecule has 14 heteroatoms. The monoisotopic (exact) mass is 377 g/mol. The Morgan fingerprint density at radius 3 is 2.20 bits per heavy atom. The number of fused-ring (bicyclic) bond motifs is 1. The second kappa shape index (κ2) is 5.93. The summed E-state index contributed by atoms with van der Waals surface area (Å²) < 4.78 is 96.9. The fourth-order valence-corrected chi connectivity index (χ4v) is 1.64. The van der Waals surface area contributed by atoms with E-state index in [1.54, 1.807) is 0 Å². The second-order valence-corrected chi connectivity index (χ2v) is 4.54. The van der Waals surface area contributed by atoms with Crippen LogP contribution in [0.15, 0.2) is 17.2 Å². The summed E-state index contributed by atoms with van der Waals surface area (Å²) in [7, 11) is 0. The number of hydrogen-bond donors (Lipinski definition) is 1. The first-order chi connectivity index (χ1) is 11.4. The molecule has 0 saturated heterocycles. The van der Waals surface area contributed by atoms with E-state index >= 15 is 0 Å². The average molecular weight is 377 g/mol. The first-order valence-corrected chi connectivity index (χ1v) is 6.07. The van der Waals surface area contributed by atoms with E-state index in [1.165, 1.54) is 0 Å². The third-order valence-corrected chi connectivity index (χ3v) is 2.88. The van der Waals surface area contributed by atoms with Crippen LogP contribution >= 0.6 is 0 Å². The van der Waals surface area contributed by atoms with E-state index in [9.17, 15) is 40.8 Å². The van der Waals surface area contributed by atoms with Gasteiger partial charge in [0.25, 0.3) is 5.69 Å². The van der Waals surface area contributed by atoms with Gasteiger partial charge < -0.3 is 9.47 Å². The Balaban J connectivity index is 2.27. The predicted octanol–water partition coefficient (Wildman–Crippen LogP) is 3.04. The molecule has 1 aromatic carbocycles. The lowest BCUT2D eigenvalue weighted by Gasteiger charge is -2.27. The Morgan fingerprint density at radius 2 is 1.68 bits per heavy atom. The summed E-state index contributed by atoms with van der Waals surface area (Å²) in [5.74, 6) is -6.48. The van der Waals surface area contributed by atoms with Crippen LogP contribution in [0, 0.1) is 10.1 Å². The molecule has 1 aliphatic heterocycles. The third kappa shape index (κ3) is 3.36. The van der Waals surface area contributed by atoms with Gasteiger partial charge in [0, 0.05) is 0 Å². The maximum Gasteiger partial charge on any atom is 0.462 e. The number of hydrogen-bond acceptors (Lipinski definition) is 6. The molecular formula is C11H6F7N3O4. The van der Waals surface area contributed by atoms with Crippen LogP contribution in [0.2, 0.25) is 0 Å². The molecule has 2 rings (SSSR count). The van der Waals surface area contributed by atoms with Crippen molar-refractivity contribution in [3.05, 3.63) is 27.8 Å². The van der Waals surface area contributed by atoms with Crippen molar-refractivity contribution in [1.82, 2.24) is 5.43 Å². The van der Waals surface area contributed by atoms with Crippen molar-refractivity contribution >= 4 is 11.9 Å². The maximum atomic E-state index is 13.0. The number of nitrogens with one attached hydrogen (secondary N) is 1. The summed E-state index contributed by atoms with van der Waals surface area (Å²) >= 11 is 0. The number of rotatable bonds is 5. The summed E-state index contributed by atoms with van der Waals surface area (Å²) in [5, 5.41) is 13.4. The van der Waals surface area contributed by atoms with Crippen molar-refractivity contribution in [2.24, 2.45) is 5.10 Å². The molecule has 1 aliphatic rings. The van der Waals surface area contributed by atoms with Gasteiger partial charge in [0.2, 0.25) is 6.79 Å². The molecule has 1 N–H and O–H groups in total. The summed E-state index contributed by atoms with van der Waals surface area (Å²) in [6.07, 6.45) is -6.26. The number of benzene rings is 1. The van der Waals surface area contributed by atoms with Crippen LogP contribution in [0.5, 0.6) is 11.5 Å². The van der Waals surface area contributed by atoms with E-state index in [-0.39, 0.29) is 24.5 Å². The Morgan fingerprint density at radius 1 is 1.12 bits per heavy atom. The number of nitro benzene ring substituents is 1. The van der Waals surface area contributed by atoms with Gasteiger partial charge in [0.1, 0.15) is 0 Å². The van der Waals surface area contributed by atoms with Crippen molar-refractivity contribution in [1.29, 1.82) is 0 Å². The van der Waals surface area contributed by atoms with Crippen LogP contribution in [-0.2, 0) is 0 Å². The van der Waals surface area contributed by atoms with Crippen molar-refractivity contribution in [2.45, 2.75) is 18.1 Å². The van der Waals surface area contributed by atoms with E-state index in [4.69, 9.17) is 9.47 Å². The van der Waals surface area contributed by atoms with Crippen molar-refractivity contribution in [2.75, 3.05) is 6.79 Å². The van der Waals surface area contributed by atoms with Crippen LogP contribution in [-0.4, -0.2) is 36.1 Å². The summed E-state index contributed by atoms with van der Waals surface area (Å²) in [6, 6.07) is -4.01. The van der Waals surface area contributed by atoms with Gasteiger partial charge >= 0.3 is 18.1 Å². The number of nitrogens with zero attached hydrogens (tertiary/aromatic N) is 2. The largest absolute Gasteiger partial charge is 0.462 e. The highest BCUT2D eigenvalue weighted by Gasteiger charge is 2.73. The number of hydrazone groups is 1. The van der Waals surface area contributed by atoms with Gasteiger partial charge in [-0.2, -0.15) is 35.8 Å². The van der Waals surface area contributed by atoms with Crippen LogP contribution in [0.1, 0.15) is 5.56 Å². The van der Waals surface area contributed by atoms with Crippen molar-refractivity contribution < 1.29 is 45.1 Å². The molecule has 0 spiro atoms. The molecule has 0 fully saturated rings. The van der Waals surface area contributed by atoms with Gasteiger partial charge in [-0.3, -0.25) is 10.1 Å². The number of halogens is 7. The highest BCUT2D eigenvalue weighted by Crippen LogP contribution is 2.45. The zero-order chi connectivity index (χ0) is 19.0. The molecule has 138 valence electrons. The minimum atomic E-state index is -6.54. The summed E-state index contributed by atoms with van der Waals surface area (Å²) in [4.78, 5) is 9.92. The number of alkyl halides is 7. The topological polar surface area (TPSA) is 86.0 Å². The molecule has 0 radical (unpaired) electrons. The summed E-state index contributed by atoms with van der Waals surface area (Å²) in [5.41, 5.74) is -0.855. The molecule has 0 atom stereocenters. The molecule has 7 nitrogen and oxygen atoms in total. The van der Waals surface area contributed by atoms with Gasteiger partial charge in [0.05, 0.1) is 22.8 Å². The lowest BCUT2D eigenvalue weighted by molar-refractivity contribution is -0.385. The predicted molar refractivity (Wildman–Crippen MR) is 65.9 cm³/mol. The van der Waals surface area contributed by atoms with E-state index in [1.807, 2.05) is 0 Å². The van der Waals surface area contributed by atoms with Crippen LogP contribution < -0.4 is 14.9 Å². The maximum absolute atomic E-state index is 13.0. The zero-order valence-corrected chi connectivity index (χ0v) is 11.6. The van der Waals surface area contributed by atoms with E-state index in [0.717, 1.165) is 12.1 Å². The molecule has 1 aromatic rings. The molecule has 0 bridgehead atoms. The fraction of sp³-hybridized carbons (Fsp3) is 0.364. The van der Waals surface area contributed by atoms with Gasteiger partial charge in [0.15, 0.2) is 11.5 Å². The standard InChI is InChI=1S/C11H6F7N3O4/c12-9(13,10(14,15)16)11(17,18)20-19-3-5-1-7-8(25-4-24-7)2-6(5)21(22)23/h1-3,20H,4H2/b19-3-. The minimum Gasteiger partial charge on any atom is -0.454 e. The van der Waals surface area contributed by atoms with Gasteiger partial charge in [-0.15, -0.1) is 0 Å². The molecule has 0 amide bonds. The smallest absolute Gasteiger partial charge is 0.454 e. The molecule has 0 aliphatic carbocycles. The number of ether oxygens (including phenoxy) is 2. The normalized spacial score (nSPS) is 14.8. The van der Waals surface area contributed by atoms with E-state index in [0.29, 0.717) is 5.43 Å². The first kappa shape index (κ1) is 18.5. The Labute approximate surface area is 133 Å². The zero-order valence-electron chi connectivity index (χ0n) is 11.6. The Kier molecular flexibility index (Phi) is 4.40. The van der Waals surface area contributed by atoms with Crippen molar-refractivity contribution in [3.8, 4) is 11.5 Å². The van der Waals surface area contributed by atoms with Gasteiger partial charge in [-0.1, -0.05) is 0 Å². The third-order valence-electron chi connectivity index (χ3n) is 2.88. The highest BCUT2D eigenvalue weighted by atomic mass is 19.4.